The monoisotopic (exact) mass is 370 g/mol. The number of amides is 1. The van der Waals surface area contributed by atoms with Gasteiger partial charge in [0.2, 0.25) is 0 Å². The van der Waals surface area contributed by atoms with Crippen LogP contribution in [0.25, 0.3) is 0 Å². The number of thiophene rings is 1. The molecule has 0 unspecified atom stereocenters. The predicted octanol–water partition coefficient (Wildman–Crippen LogP) is 3.04. The van der Waals surface area contributed by atoms with Gasteiger partial charge in [0.05, 0.1) is 26.3 Å². The molecule has 5 nitrogen and oxygen atoms in total. The number of halogens is 1. The first-order valence-electron chi connectivity index (χ1n) is 6.07. The summed E-state index contributed by atoms with van der Waals surface area (Å²) < 4.78 is 11.3. The van der Waals surface area contributed by atoms with Crippen LogP contribution in [-0.4, -0.2) is 20.1 Å². The average molecular weight is 371 g/mol. The fourth-order valence-corrected chi connectivity index (χ4v) is 3.19. The first-order chi connectivity index (χ1) is 10.0. The lowest BCUT2D eigenvalue weighted by molar-refractivity contribution is 0.0952. The maximum Gasteiger partial charge on any atom is 0.253 e. The highest BCUT2D eigenvalue weighted by Gasteiger charge is 2.15. The minimum absolute atomic E-state index is 0.252. The van der Waals surface area contributed by atoms with Gasteiger partial charge in [0, 0.05) is 26.5 Å². The fraction of sp³-hybridized carbons (Fsp3) is 0.214. The number of hydrogen-bond acceptors (Lipinski definition) is 5. The van der Waals surface area contributed by atoms with Crippen molar-refractivity contribution in [2.24, 2.45) is 0 Å². The Kier molecular flexibility index (Phi) is 5.08. The first-order valence-corrected chi connectivity index (χ1v) is 7.75. The zero-order valence-corrected chi connectivity index (χ0v) is 14.0. The highest BCUT2D eigenvalue weighted by atomic mass is 79.9. The second-order valence-electron chi connectivity index (χ2n) is 4.21. The van der Waals surface area contributed by atoms with E-state index in [2.05, 4.69) is 21.2 Å². The van der Waals surface area contributed by atoms with Gasteiger partial charge in [-0.3, -0.25) is 4.79 Å². The molecular formula is C14H15BrN2O3S. The summed E-state index contributed by atoms with van der Waals surface area (Å²) in [7, 11) is 3.03. The van der Waals surface area contributed by atoms with Crippen molar-refractivity contribution in [3.8, 4) is 11.5 Å². The number of rotatable bonds is 5. The lowest BCUT2D eigenvalue weighted by Gasteiger charge is -2.12. The molecular weight excluding hydrogens is 356 g/mol. The molecule has 7 heteroatoms. The summed E-state index contributed by atoms with van der Waals surface area (Å²) in [5.74, 6) is 0.711. The Balaban J connectivity index is 2.15. The molecule has 0 fully saturated rings. The average Bonchev–Trinajstić information content (AvgIpc) is 2.90. The molecule has 1 heterocycles. The van der Waals surface area contributed by atoms with Crippen molar-refractivity contribution < 1.29 is 14.3 Å². The van der Waals surface area contributed by atoms with Crippen molar-refractivity contribution in [3.63, 3.8) is 0 Å². The van der Waals surface area contributed by atoms with Crippen molar-refractivity contribution in [3.05, 3.63) is 38.5 Å². The van der Waals surface area contributed by atoms with Crippen LogP contribution in [0.3, 0.4) is 0 Å². The van der Waals surface area contributed by atoms with E-state index in [1.165, 1.54) is 14.2 Å². The summed E-state index contributed by atoms with van der Waals surface area (Å²) in [5, 5.41) is 4.80. The van der Waals surface area contributed by atoms with Crippen LogP contribution in [-0.2, 0) is 6.54 Å². The van der Waals surface area contributed by atoms with Crippen LogP contribution in [0.5, 0.6) is 11.5 Å². The number of ether oxygens (including phenoxy) is 2. The molecule has 0 aliphatic carbocycles. The third-order valence-electron chi connectivity index (χ3n) is 2.85. The zero-order valence-electron chi connectivity index (χ0n) is 11.6. The molecule has 2 rings (SSSR count). The lowest BCUT2D eigenvalue weighted by atomic mass is 10.1. The standard InChI is InChI=1S/C14H15BrN2O3S/c1-19-12-4-10(11(16)5-13(12)20-2)14(18)17-6-9-3-8(15)7-21-9/h3-5,7H,6,16H2,1-2H3,(H,17,18). The van der Waals surface area contributed by atoms with Gasteiger partial charge in [-0.25, -0.2) is 0 Å². The number of carbonyl (C=O) groups is 1. The van der Waals surface area contributed by atoms with Gasteiger partial charge in [0.25, 0.3) is 5.91 Å². The molecule has 0 radical (unpaired) electrons. The molecule has 0 atom stereocenters. The van der Waals surface area contributed by atoms with Crippen LogP contribution in [0, 0.1) is 0 Å². The number of carbonyl (C=O) groups excluding carboxylic acids is 1. The van der Waals surface area contributed by atoms with E-state index in [1.807, 2.05) is 11.4 Å². The van der Waals surface area contributed by atoms with E-state index in [0.717, 1.165) is 9.35 Å². The molecule has 0 aliphatic heterocycles. The predicted molar refractivity (Wildman–Crippen MR) is 87.1 cm³/mol. The maximum absolute atomic E-state index is 12.2. The van der Waals surface area contributed by atoms with E-state index >= 15 is 0 Å². The van der Waals surface area contributed by atoms with Gasteiger partial charge in [-0.05, 0) is 28.1 Å². The van der Waals surface area contributed by atoms with E-state index in [4.69, 9.17) is 15.2 Å². The fourth-order valence-electron chi connectivity index (χ4n) is 1.80. The van der Waals surface area contributed by atoms with Crippen LogP contribution in [0.2, 0.25) is 0 Å². The Labute approximate surface area is 135 Å². The Morgan fingerprint density at radius 1 is 1.29 bits per heavy atom. The van der Waals surface area contributed by atoms with Crippen molar-refractivity contribution >= 4 is 38.9 Å². The number of nitrogens with one attached hydrogen (secondary N) is 1. The Bertz CT molecular complexity index is 658. The minimum Gasteiger partial charge on any atom is -0.493 e. The van der Waals surface area contributed by atoms with Crippen molar-refractivity contribution in [1.29, 1.82) is 0 Å². The Hall–Kier alpha value is -1.73. The molecule has 1 aromatic heterocycles. The van der Waals surface area contributed by atoms with Crippen molar-refractivity contribution in [2.45, 2.75) is 6.54 Å². The SMILES string of the molecule is COc1cc(N)c(C(=O)NCc2cc(Br)cs2)cc1OC. The van der Waals surface area contributed by atoms with E-state index in [-0.39, 0.29) is 5.91 Å². The Morgan fingerprint density at radius 3 is 2.52 bits per heavy atom. The third-order valence-corrected chi connectivity index (χ3v) is 4.54. The largest absolute Gasteiger partial charge is 0.493 e. The molecule has 112 valence electrons. The number of nitrogens with two attached hydrogens (primary N) is 1. The zero-order chi connectivity index (χ0) is 15.4. The van der Waals surface area contributed by atoms with Gasteiger partial charge in [0.15, 0.2) is 11.5 Å². The molecule has 1 amide bonds. The topological polar surface area (TPSA) is 73.6 Å². The first kappa shape index (κ1) is 15.7. The summed E-state index contributed by atoms with van der Waals surface area (Å²) in [4.78, 5) is 13.3. The smallest absolute Gasteiger partial charge is 0.253 e. The minimum atomic E-state index is -0.252. The number of benzene rings is 1. The van der Waals surface area contributed by atoms with Crippen LogP contribution in [0.15, 0.2) is 28.1 Å². The van der Waals surface area contributed by atoms with Gasteiger partial charge in [-0.2, -0.15) is 0 Å². The van der Waals surface area contributed by atoms with Crippen LogP contribution in [0.4, 0.5) is 5.69 Å². The van der Waals surface area contributed by atoms with E-state index in [9.17, 15) is 4.79 Å². The van der Waals surface area contributed by atoms with E-state index < -0.39 is 0 Å². The van der Waals surface area contributed by atoms with Gasteiger partial charge in [0.1, 0.15) is 0 Å². The quantitative estimate of drug-likeness (QED) is 0.793. The van der Waals surface area contributed by atoms with Crippen LogP contribution in [0.1, 0.15) is 15.2 Å². The molecule has 0 aliphatic rings. The molecule has 21 heavy (non-hydrogen) atoms. The summed E-state index contributed by atoms with van der Waals surface area (Å²) in [6, 6.07) is 5.12. The lowest BCUT2D eigenvalue weighted by Crippen LogP contribution is -2.23. The second-order valence-corrected chi connectivity index (χ2v) is 6.12. The summed E-state index contributed by atoms with van der Waals surface area (Å²) in [6.45, 7) is 0.447. The number of anilines is 1. The number of hydrogen-bond donors (Lipinski definition) is 2. The van der Waals surface area contributed by atoms with E-state index in [1.54, 1.807) is 23.5 Å². The molecule has 0 saturated heterocycles. The molecule has 0 spiro atoms. The molecule has 3 N–H and O–H groups in total. The molecule has 1 aromatic carbocycles. The van der Waals surface area contributed by atoms with Gasteiger partial charge < -0.3 is 20.5 Å². The van der Waals surface area contributed by atoms with Crippen molar-refractivity contribution in [2.75, 3.05) is 20.0 Å². The number of methoxy groups -OCH3 is 2. The summed E-state index contributed by atoms with van der Waals surface area (Å²) in [6.07, 6.45) is 0. The van der Waals surface area contributed by atoms with E-state index in [0.29, 0.717) is 29.3 Å². The number of nitrogen functional groups attached to an aromatic ring is 1. The second kappa shape index (κ2) is 6.82. The Morgan fingerprint density at radius 2 is 1.95 bits per heavy atom. The van der Waals surface area contributed by atoms with Gasteiger partial charge >= 0.3 is 0 Å². The summed E-state index contributed by atoms with van der Waals surface area (Å²) in [5.41, 5.74) is 6.60. The van der Waals surface area contributed by atoms with Crippen molar-refractivity contribution in [1.82, 2.24) is 5.32 Å². The van der Waals surface area contributed by atoms with Crippen LogP contribution < -0.4 is 20.5 Å². The normalized spacial score (nSPS) is 10.2. The summed E-state index contributed by atoms with van der Waals surface area (Å²) >= 11 is 4.94. The van der Waals surface area contributed by atoms with Gasteiger partial charge in [-0.15, -0.1) is 11.3 Å². The van der Waals surface area contributed by atoms with Gasteiger partial charge in [-0.1, -0.05) is 0 Å². The molecule has 2 aromatic rings. The van der Waals surface area contributed by atoms with Crippen LogP contribution >= 0.6 is 27.3 Å². The third kappa shape index (κ3) is 3.68. The maximum atomic E-state index is 12.2. The highest BCUT2D eigenvalue weighted by molar-refractivity contribution is 9.10. The highest BCUT2D eigenvalue weighted by Crippen LogP contribution is 2.31. The molecule has 0 bridgehead atoms. The molecule has 0 saturated carbocycles.